The number of aryl methyl sites for hydroxylation is 1. The van der Waals surface area contributed by atoms with Crippen LogP contribution >= 0.6 is 0 Å². The van der Waals surface area contributed by atoms with E-state index in [0.29, 0.717) is 0 Å². The lowest BCUT2D eigenvalue weighted by atomic mass is 9.79. The van der Waals surface area contributed by atoms with E-state index in [1.54, 1.807) is 0 Å². The Labute approximate surface area is 118 Å². The van der Waals surface area contributed by atoms with Gasteiger partial charge in [0.05, 0.1) is 17.5 Å². The highest BCUT2D eigenvalue weighted by atomic mass is 16.4. The summed E-state index contributed by atoms with van der Waals surface area (Å²) in [7, 11) is 2.02. The molecule has 2 aromatic rings. The first kappa shape index (κ1) is 13.2. The number of fused-ring (bicyclic) bond motifs is 1. The average molecular weight is 272 g/mol. The summed E-state index contributed by atoms with van der Waals surface area (Å²) in [6.07, 6.45) is 5.31. The predicted molar refractivity (Wildman–Crippen MR) is 77.6 cm³/mol. The molecule has 1 aromatic heterocycles. The van der Waals surface area contributed by atoms with Crippen LogP contribution in [0.25, 0.3) is 11.0 Å². The minimum Gasteiger partial charge on any atom is -0.481 e. The van der Waals surface area contributed by atoms with Gasteiger partial charge in [-0.1, -0.05) is 25.0 Å². The van der Waals surface area contributed by atoms with Crippen LogP contribution in [0.3, 0.4) is 0 Å². The minimum absolute atomic E-state index is 0.0963. The molecule has 3 rings (SSSR count). The number of imidazole rings is 1. The Bertz CT molecular complexity index is 639. The van der Waals surface area contributed by atoms with Gasteiger partial charge in [0.15, 0.2) is 0 Å². The number of aliphatic carboxylic acids is 1. The number of para-hydroxylation sites is 2. The first-order chi connectivity index (χ1) is 9.60. The van der Waals surface area contributed by atoms with Crippen molar-refractivity contribution in [3.05, 3.63) is 30.1 Å². The molecule has 0 unspecified atom stereocenters. The van der Waals surface area contributed by atoms with Crippen molar-refractivity contribution < 1.29 is 9.90 Å². The minimum atomic E-state index is -0.689. The molecule has 1 aliphatic carbocycles. The van der Waals surface area contributed by atoms with E-state index in [-0.39, 0.29) is 11.8 Å². The van der Waals surface area contributed by atoms with E-state index >= 15 is 0 Å². The van der Waals surface area contributed by atoms with E-state index in [9.17, 15) is 9.90 Å². The zero-order chi connectivity index (χ0) is 14.2. The Morgan fingerprint density at radius 2 is 2.05 bits per heavy atom. The Hall–Kier alpha value is -1.84. The van der Waals surface area contributed by atoms with Gasteiger partial charge in [0.1, 0.15) is 5.82 Å². The number of aromatic nitrogens is 2. The van der Waals surface area contributed by atoms with Crippen LogP contribution in [-0.4, -0.2) is 20.6 Å². The molecule has 4 heteroatoms. The lowest BCUT2D eigenvalue weighted by Crippen LogP contribution is -2.25. The van der Waals surface area contributed by atoms with Gasteiger partial charge in [0.2, 0.25) is 0 Å². The van der Waals surface area contributed by atoms with Crippen molar-refractivity contribution in [1.82, 2.24) is 9.55 Å². The summed E-state index contributed by atoms with van der Waals surface area (Å²) in [4.78, 5) is 15.9. The number of rotatable bonds is 4. The van der Waals surface area contributed by atoms with E-state index in [2.05, 4.69) is 10.6 Å². The van der Waals surface area contributed by atoms with Crippen LogP contribution < -0.4 is 0 Å². The quantitative estimate of drug-likeness (QED) is 0.930. The van der Waals surface area contributed by atoms with Gasteiger partial charge in [-0.25, -0.2) is 4.98 Å². The predicted octanol–water partition coefficient (Wildman–Crippen LogP) is 3.15. The molecule has 1 N–H and O–H groups in total. The van der Waals surface area contributed by atoms with Gasteiger partial charge in [-0.3, -0.25) is 4.79 Å². The largest absolute Gasteiger partial charge is 0.481 e. The summed E-state index contributed by atoms with van der Waals surface area (Å²) in [6, 6.07) is 8.07. The van der Waals surface area contributed by atoms with Crippen molar-refractivity contribution in [3.63, 3.8) is 0 Å². The Balaban J connectivity index is 1.94. The van der Waals surface area contributed by atoms with Crippen molar-refractivity contribution in [1.29, 1.82) is 0 Å². The standard InChI is InChI=1S/C16H20N2O2/c1-18-13-7-3-2-6-12(13)17-14(18)10-16(11-15(19)20)8-4-5-9-16/h2-3,6-7H,4-5,8-11H2,1H3,(H,19,20). The second-order valence-corrected chi connectivity index (χ2v) is 6.03. The van der Waals surface area contributed by atoms with Crippen molar-refractivity contribution in [3.8, 4) is 0 Å². The smallest absolute Gasteiger partial charge is 0.303 e. The summed E-state index contributed by atoms with van der Waals surface area (Å²) in [5.74, 6) is 0.319. The normalized spacial score (nSPS) is 17.6. The van der Waals surface area contributed by atoms with Crippen LogP contribution in [0.2, 0.25) is 0 Å². The molecule has 0 atom stereocenters. The number of nitrogens with zero attached hydrogens (tertiary/aromatic N) is 2. The fourth-order valence-corrected chi connectivity index (χ4v) is 3.55. The van der Waals surface area contributed by atoms with Crippen molar-refractivity contribution >= 4 is 17.0 Å². The van der Waals surface area contributed by atoms with Crippen molar-refractivity contribution in [2.45, 2.75) is 38.5 Å². The van der Waals surface area contributed by atoms with E-state index in [4.69, 9.17) is 4.98 Å². The van der Waals surface area contributed by atoms with E-state index in [0.717, 1.165) is 49.0 Å². The molecule has 1 heterocycles. The van der Waals surface area contributed by atoms with Gasteiger partial charge in [-0.15, -0.1) is 0 Å². The van der Waals surface area contributed by atoms with E-state index in [1.807, 2.05) is 25.2 Å². The van der Waals surface area contributed by atoms with Crippen LogP contribution in [0.15, 0.2) is 24.3 Å². The molecule has 0 radical (unpaired) electrons. The average Bonchev–Trinajstić information content (AvgIpc) is 2.96. The second-order valence-electron chi connectivity index (χ2n) is 6.03. The molecule has 1 fully saturated rings. The summed E-state index contributed by atoms with van der Waals surface area (Å²) in [5, 5.41) is 9.20. The third kappa shape index (κ3) is 2.30. The van der Waals surface area contributed by atoms with Crippen molar-refractivity contribution in [2.24, 2.45) is 12.5 Å². The Morgan fingerprint density at radius 3 is 2.70 bits per heavy atom. The highest BCUT2D eigenvalue weighted by Gasteiger charge is 2.37. The molecule has 20 heavy (non-hydrogen) atoms. The van der Waals surface area contributed by atoms with Crippen LogP contribution in [0, 0.1) is 5.41 Å². The van der Waals surface area contributed by atoms with E-state index in [1.165, 1.54) is 0 Å². The molecule has 4 nitrogen and oxygen atoms in total. The fraction of sp³-hybridized carbons (Fsp3) is 0.500. The van der Waals surface area contributed by atoms with Gasteiger partial charge < -0.3 is 9.67 Å². The topological polar surface area (TPSA) is 55.1 Å². The molecular weight excluding hydrogens is 252 g/mol. The van der Waals surface area contributed by atoms with Gasteiger partial charge >= 0.3 is 5.97 Å². The number of hydrogen-bond acceptors (Lipinski definition) is 2. The second kappa shape index (κ2) is 4.93. The van der Waals surface area contributed by atoms with Gasteiger partial charge in [0, 0.05) is 13.5 Å². The highest BCUT2D eigenvalue weighted by molar-refractivity contribution is 5.75. The summed E-state index contributed by atoms with van der Waals surface area (Å²) < 4.78 is 2.11. The van der Waals surface area contributed by atoms with E-state index < -0.39 is 5.97 Å². The lowest BCUT2D eigenvalue weighted by Gasteiger charge is -2.26. The zero-order valence-corrected chi connectivity index (χ0v) is 11.8. The van der Waals surface area contributed by atoms with Gasteiger partial charge in [-0.05, 0) is 30.4 Å². The lowest BCUT2D eigenvalue weighted by molar-refractivity contribution is -0.139. The van der Waals surface area contributed by atoms with Crippen molar-refractivity contribution in [2.75, 3.05) is 0 Å². The molecule has 0 spiro atoms. The third-order valence-electron chi connectivity index (χ3n) is 4.60. The molecule has 0 amide bonds. The number of hydrogen-bond donors (Lipinski definition) is 1. The highest BCUT2D eigenvalue weighted by Crippen LogP contribution is 2.43. The zero-order valence-electron chi connectivity index (χ0n) is 11.8. The molecule has 1 saturated carbocycles. The SMILES string of the molecule is Cn1c(CC2(CC(=O)O)CCCC2)nc2ccccc21. The molecule has 1 aliphatic rings. The number of benzene rings is 1. The molecule has 1 aromatic carbocycles. The maximum atomic E-state index is 11.2. The summed E-state index contributed by atoms with van der Waals surface area (Å²) in [5.41, 5.74) is 2.01. The molecule has 0 aliphatic heterocycles. The third-order valence-corrected chi connectivity index (χ3v) is 4.60. The number of carboxylic acid groups (broad SMARTS) is 1. The Kier molecular flexibility index (Phi) is 3.24. The maximum Gasteiger partial charge on any atom is 0.303 e. The maximum absolute atomic E-state index is 11.2. The van der Waals surface area contributed by atoms with Gasteiger partial charge in [-0.2, -0.15) is 0 Å². The fourth-order valence-electron chi connectivity index (χ4n) is 3.55. The van der Waals surface area contributed by atoms with Crippen LogP contribution in [0.1, 0.15) is 37.9 Å². The molecule has 0 bridgehead atoms. The molecule has 106 valence electrons. The monoisotopic (exact) mass is 272 g/mol. The number of carbonyl (C=O) groups is 1. The molecular formula is C16H20N2O2. The summed E-state index contributed by atoms with van der Waals surface area (Å²) >= 11 is 0. The van der Waals surface area contributed by atoms with Crippen LogP contribution in [0.4, 0.5) is 0 Å². The van der Waals surface area contributed by atoms with Crippen LogP contribution in [-0.2, 0) is 18.3 Å². The first-order valence-corrected chi connectivity index (χ1v) is 7.22. The molecule has 0 saturated heterocycles. The number of carboxylic acids is 1. The van der Waals surface area contributed by atoms with Gasteiger partial charge in [0.25, 0.3) is 0 Å². The Morgan fingerprint density at radius 1 is 1.35 bits per heavy atom. The summed E-state index contributed by atoms with van der Waals surface area (Å²) in [6.45, 7) is 0. The van der Waals surface area contributed by atoms with Crippen LogP contribution in [0.5, 0.6) is 0 Å². The first-order valence-electron chi connectivity index (χ1n) is 7.22.